The number of aromatic nitrogens is 4. The lowest BCUT2D eigenvalue weighted by molar-refractivity contribution is -0.137. The average molecular weight is 439 g/mol. The third-order valence-corrected chi connectivity index (χ3v) is 6.57. The Hall–Kier alpha value is -3.03. The van der Waals surface area contributed by atoms with Crippen molar-refractivity contribution in [3.05, 3.63) is 44.1 Å². The van der Waals surface area contributed by atoms with Gasteiger partial charge in [0.15, 0.2) is 11.5 Å². The van der Waals surface area contributed by atoms with Crippen LogP contribution in [0, 0.1) is 12.8 Å². The summed E-state index contributed by atoms with van der Waals surface area (Å²) < 4.78 is 1.95. The van der Waals surface area contributed by atoms with Crippen LogP contribution < -0.4 is 11.2 Å². The first-order valence-electron chi connectivity index (χ1n) is 11.6. The molecular weight excluding hydrogens is 408 g/mol. The molecule has 1 fully saturated rings. The predicted octanol–water partition coefficient (Wildman–Crippen LogP) is 3.66. The number of unbranched alkanes of at least 4 members (excludes halogenated alkanes) is 3. The molecule has 0 aromatic heterocycles. The Labute approximate surface area is 186 Å². The molecule has 2 heterocycles. The van der Waals surface area contributed by atoms with Crippen molar-refractivity contribution in [2.24, 2.45) is 5.92 Å². The monoisotopic (exact) mass is 438 g/mol. The molecule has 0 unspecified atom stereocenters. The first-order valence-corrected chi connectivity index (χ1v) is 11.6. The van der Waals surface area contributed by atoms with Gasteiger partial charge in [-0.25, -0.2) is 9.78 Å². The summed E-state index contributed by atoms with van der Waals surface area (Å²) in [6.45, 7) is 2.68. The number of carboxylic acids is 1. The number of H-pyrrole nitrogens is 1. The molecule has 1 saturated carbocycles. The third kappa shape index (κ3) is 4.89. The van der Waals surface area contributed by atoms with E-state index >= 15 is 0 Å². The number of carbonyl (C=O) groups is 1. The topological polar surface area (TPSA) is 118 Å². The zero-order valence-corrected chi connectivity index (χ0v) is 18.5. The Kier molecular flexibility index (Phi) is 6.67. The maximum absolute atomic E-state index is 12.4. The van der Waals surface area contributed by atoms with Crippen molar-refractivity contribution < 1.29 is 9.90 Å². The van der Waals surface area contributed by atoms with Crippen LogP contribution in [0.25, 0.3) is 22.6 Å². The summed E-state index contributed by atoms with van der Waals surface area (Å²) in [6.07, 6.45) is 9.45. The van der Waals surface area contributed by atoms with Crippen LogP contribution in [0.4, 0.5) is 0 Å². The van der Waals surface area contributed by atoms with Gasteiger partial charge in [0.2, 0.25) is 0 Å². The molecule has 0 saturated heterocycles. The van der Waals surface area contributed by atoms with Crippen molar-refractivity contribution in [1.82, 2.24) is 19.5 Å². The van der Waals surface area contributed by atoms with Gasteiger partial charge in [0.05, 0.1) is 11.0 Å². The fourth-order valence-corrected chi connectivity index (χ4v) is 4.86. The second kappa shape index (κ2) is 9.63. The van der Waals surface area contributed by atoms with Crippen LogP contribution in [-0.4, -0.2) is 30.6 Å². The second-order valence-electron chi connectivity index (χ2n) is 8.99. The van der Waals surface area contributed by atoms with Gasteiger partial charge in [0, 0.05) is 13.0 Å². The Morgan fingerprint density at radius 1 is 1.12 bits per heavy atom. The van der Waals surface area contributed by atoms with E-state index in [1.54, 1.807) is 0 Å². The summed E-state index contributed by atoms with van der Waals surface area (Å²) in [5, 5.41) is 8.81. The highest BCUT2D eigenvalue weighted by Crippen LogP contribution is 2.31. The predicted molar refractivity (Wildman–Crippen MR) is 122 cm³/mol. The van der Waals surface area contributed by atoms with Gasteiger partial charge in [-0.3, -0.25) is 14.6 Å². The molecule has 170 valence electrons. The van der Waals surface area contributed by atoms with Crippen LogP contribution in [0.5, 0.6) is 0 Å². The molecule has 4 rings (SSSR count). The molecule has 1 aliphatic carbocycles. The number of nitrogens with one attached hydrogen (secondary N) is 1. The molecule has 32 heavy (non-hydrogen) atoms. The Balaban J connectivity index is 1.71. The van der Waals surface area contributed by atoms with Crippen molar-refractivity contribution in [2.75, 3.05) is 0 Å². The number of fused-ring (bicyclic) bond motifs is 2. The molecule has 2 N–H and O–H groups in total. The molecule has 2 aliphatic heterocycles. The largest absolute Gasteiger partial charge is 0.481 e. The summed E-state index contributed by atoms with van der Waals surface area (Å²) in [5.74, 6) is 0.242. The van der Waals surface area contributed by atoms with Crippen molar-refractivity contribution >= 4 is 17.0 Å². The first-order chi connectivity index (χ1) is 15.4. The van der Waals surface area contributed by atoms with E-state index in [-0.39, 0.29) is 12.1 Å². The molecule has 0 atom stereocenters. The minimum atomic E-state index is -0.776. The molecular formula is C24H30N4O4. The lowest BCUT2D eigenvalue weighted by Crippen LogP contribution is -2.29. The highest BCUT2D eigenvalue weighted by atomic mass is 16.4. The van der Waals surface area contributed by atoms with Crippen LogP contribution >= 0.6 is 0 Å². The highest BCUT2D eigenvalue weighted by molar-refractivity contribution is 5.81. The number of hydrogen-bond donors (Lipinski definition) is 2. The van der Waals surface area contributed by atoms with E-state index in [4.69, 9.17) is 5.11 Å². The maximum Gasteiger partial charge on any atom is 0.349 e. The number of carboxylic acid groups (broad SMARTS) is 1. The molecule has 3 aliphatic rings. The third-order valence-electron chi connectivity index (χ3n) is 6.57. The SMILES string of the molecule is Cc1cc2nc3c(=O)[nH]c(=O)nc-3n(CCCCCCC(=O)O)c2cc1CC1CCCC1. The average Bonchev–Trinajstić information content (AvgIpc) is 3.24. The van der Waals surface area contributed by atoms with E-state index in [0.717, 1.165) is 36.7 Å². The van der Waals surface area contributed by atoms with E-state index in [9.17, 15) is 14.4 Å². The number of benzene rings is 1. The molecule has 8 heteroatoms. The Morgan fingerprint density at radius 2 is 1.88 bits per heavy atom. The van der Waals surface area contributed by atoms with E-state index in [0.29, 0.717) is 24.7 Å². The fraction of sp³-hybridized carbons (Fsp3) is 0.542. The van der Waals surface area contributed by atoms with E-state index in [1.165, 1.54) is 36.8 Å². The lowest BCUT2D eigenvalue weighted by Gasteiger charge is -2.19. The van der Waals surface area contributed by atoms with Crippen molar-refractivity contribution in [3.63, 3.8) is 0 Å². The molecule has 1 aromatic carbocycles. The van der Waals surface area contributed by atoms with Gasteiger partial charge in [0.1, 0.15) is 0 Å². The summed E-state index contributed by atoms with van der Waals surface area (Å²) in [6, 6.07) is 4.19. The zero-order chi connectivity index (χ0) is 22.7. The van der Waals surface area contributed by atoms with Crippen LogP contribution in [0.15, 0.2) is 21.7 Å². The normalized spacial score (nSPS) is 14.5. The van der Waals surface area contributed by atoms with Gasteiger partial charge in [-0.1, -0.05) is 38.5 Å². The zero-order valence-electron chi connectivity index (χ0n) is 18.5. The quantitative estimate of drug-likeness (QED) is 0.389. The van der Waals surface area contributed by atoms with E-state index in [2.05, 4.69) is 27.9 Å². The van der Waals surface area contributed by atoms with Crippen molar-refractivity contribution in [1.29, 1.82) is 0 Å². The van der Waals surface area contributed by atoms with Gasteiger partial charge in [-0.2, -0.15) is 4.98 Å². The van der Waals surface area contributed by atoms with Crippen LogP contribution in [-0.2, 0) is 17.8 Å². The van der Waals surface area contributed by atoms with Gasteiger partial charge >= 0.3 is 11.7 Å². The molecule has 0 spiro atoms. The van der Waals surface area contributed by atoms with Gasteiger partial charge in [-0.05, 0) is 55.4 Å². The lowest BCUT2D eigenvalue weighted by atomic mass is 9.94. The van der Waals surface area contributed by atoms with Gasteiger partial charge in [-0.15, -0.1) is 0 Å². The molecule has 0 radical (unpaired) electrons. The number of aromatic amines is 1. The van der Waals surface area contributed by atoms with E-state index in [1.807, 2.05) is 10.6 Å². The fourth-order valence-electron chi connectivity index (χ4n) is 4.86. The minimum Gasteiger partial charge on any atom is -0.481 e. The summed E-state index contributed by atoms with van der Waals surface area (Å²) in [4.78, 5) is 46.0. The number of nitrogens with zero attached hydrogens (tertiary/aromatic N) is 3. The molecule has 0 bridgehead atoms. The van der Waals surface area contributed by atoms with Gasteiger partial charge in [0.25, 0.3) is 5.56 Å². The standard InChI is InChI=1S/C24H30N4O4/c1-15-12-18-19(14-17(15)13-16-8-5-6-9-16)28(11-7-3-2-4-10-20(29)30)22-21(25-18)23(31)27-24(32)26-22/h12,14,16H,2-11,13H2,1H3,(H,29,30)(H,27,31,32). The summed E-state index contributed by atoms with van der Waals surface area (Å²) in [5.41, 5.74) is 3.04. The maximum atomic E-state index is 12.4. The van der Waals surface area contributed by atoms with Crippen molar-refractivity contribution in [2.45, 2.75) is 77.7 Å². The Morgan fingerprint density at radius 3 is 2.62 bits per heavy atom. The molecule has 0 amide bonds. The highest BCUT2D eigenvalue weighted by Gasteiger charge is 2.21. The second-order valence-corrected chi connectivity index (χ2v) is 8.99. The smallest absolute Gasteiger partial charge is 0.349 e. The number of aliphatic carboxylic acids is 1. The minimum absolute atomic E-state index is 0.172. The first kappa shape index (κ1) is 22.2. The Bertz CT molecular complexity index is 1210. The van der Waals surface area contributed by atoms with Crippen LogP contribution in [0.3, 0.4) is 0 Å². The van der Waals surface area contributed by atoms with Crippen LogP contribution in [0.2, 0.25) is 0 Å². The summed E-state index contributed by atoms with van der Waals surface area (Å²) >= 11 is 0. The van der Waals surface area contributed by atoms with Crippen LogP contribution in [0.1, 0.15) is 68.9 Å². The number of aryl methyl sites for hydroxylation is 2. The van der Waals surface area contributed by atoms with Gasteiger partial charge < -0.3 is 9.67 Å². The van der Waals surface area contributed by atoms with E-state index < -0.39 is 17.2 Å². The molecule has 8 nitrogen and oxygen atoms in total. The number of hydrogen-bond acceptors (Lipinski definition) is 5. The van der Waals surface area contributed by atoms with Crippen molar-refractivity contribution in [3.8, 4) is 11.5 Å². The summed E-state index contributed by atoms with van der Waals surface area (Å²) in [7, 11) is 0. The molecule has 1 aromatic rings. The number of rotatable bonds is 9.